The summed E-state index contributed by atoms with van der Waals surface area (Å²) in [6.45, 7) is 0. The number of para-hydroxylation sites is 2. The maximum absolute atomic E-state index is 12.7. The van der Waals surface area contributed by atoms with Crippen LogP contribution in [-0.4, -0.2) is 29.0 Å². The lowest BCUT2D eigenvalue weighted by molar-refractivity contribution is 0.0928. The third-order valence-corrected chi connectivity index (χ3v) is 4.85. The molecule has 1 aliphatic carbocycles. The van der Waals surface area contributed by atoms with Crippen molar-refractivity contribution in [3.63, 3.8) is 0 Å². The molecule has 1 amide bonds. The Morgan fingerprint density at radius 1 is 1.07 bits per heavy atom. The molecule has 4 rings (SSSR count). The number of fused-ring (bicyclic) bond motifs is 1. The zero-order valence-corrected chi connectivity index (χ0v) is 16.0. The number of methoxy groups -OCH3 is 1. The van der Waals surface area contributed by atoms with E-state index in [9.17, 15) is 4.79 Å². The van der Waals surface area contributed by atoms with Crippen LogP contribution in [0.3, 0.4) is 0 Å². The van der Waals surface area contributed by atoms with Crippen molar-refractivity contribution in [3.8, 4) is 5.75 Å². The Bertz CT molecular complexity index is 1000. The van der Waals surface area contributed by atoms with Gasteiger partial charge < -0.3 is 15.4 Å². The maximum Gasteiger partial charge on any atom is 0.289 e. The van der Waals surface area contributed by atoms with Crippen LogP contribution in [0, 0.1) is 0 Å². The summed E-state index contributed by atoms with van der Waals surface area (Å²) in [7, 11) is 1.59. The van der Waals surface area contributed by atoms with Crippen LogP contribution >= 0.6 is 11.6 Å². The van der Waals surface area contributed by atoms with Crippen molar-refractivity contribution in [1.29, 1.82) is 0 Å². The van der Waals surface area contributed by atoms with Gasteiger partial charge in [0.25, 0.3) is 5.91 Å². The number of halogens is 1. The van der Waals surface area contributed by atoms with Crippen LogP contribution in [0.1, 0.15) is 21.7 Å². The molecule has 0 bridgehead atoms. The van der Waals surface area contributed by atoms with Crippen molar-refractivity contribution in [2.24, 2.45) is 0 Å². The molecule has 7 heteroatoms. The Labute approximate surface area is 167 Å². The molecule has 0 atom stereocenters. The van der Waals surface area contributed by atoms with Crippen LogP contribution in [0.25, 0.3) is 0 Å². The van der Waals surface area contributed by atoms with E-state index in [1.54, 1.807) is 13.2 Å². The molecule has 0 fully saturated rings. The van der Waals surface area contributed by atoms with E-state index in [2.05, 4.69) is 32.7 Å². The number of hydrogen-bond acceptors (Lipinski definition) is 5. The maximum atomic E-state index is 12.7. The topological polar surface area (TPSA) is 76.1 Å². The van der Waals surface area contributed by atoms with E-state index in [-0.39, 0.29) is 22.9 Å². The first kappa shape index (κ1) is 18.3. The Morgan fingerprint density at radius 2 is 1.75 bits per heavy atom. The predicted octanol–water partition coefficient (Wildman–Crippen LogP) is 3.78. The second-order valence-corrected chi connectivity index (χ2v) is 6.96. The Hall–Kier alpha value is -3.12. The number of anilines is 2. The molecule has 1 heterocycles. The zero-order valence-electron chi connectivity index (χ0n) is 15.3. The largest absolute Gasteiger partial charge is 0.495 e. The van der Waals surface area contributed by atoms with E-state index in [1.165, 1.54) is 11.1 Å². The molecule has 1 aromatic heterocycles. The Kier molecular flexibility index (Phi) is 5.12. The van der Waals surface area contributed by atoms with Crippen molar-refractivity contribution >= 4 is 29.0 Å². The lowest BCUT2D eigenvalue weighted by Gasteiger charge is -2.13. The van der Waals surface area contributed by atoms with Crippen LogP contribution in [0.2, 0.25) is 5.15 Å². The third-order valence-electron chi connectivity index (χ3n) is 4.65. The standard InChI is InChI=1S/C21H19ClN4O2/c1-28-17-9-5-4-8-16(17)24-19-12-18(22)25-20(26-19)21(27)23-15-10-13-6-2-3-7-14(13)11-15/h2-9,12,15H,10-11H2,1H3,(H,23,27)(H,24,25,26). The number of carbonyl (C=O) groups excluding carboxylic acids is 1. The van der Waals surface area contributed by atoms with Crippen molar-refractivity contribution < 1.29 is 9.53 Å². The highest BCUT2D eigenvalue weighted by atomic mass is 35.5. The molecule has 28 heavy (non-hydrogen) atoms. The highest BCUT2D eigenvalue weighted by molar-refractivity contribution is 6.29. The summed E-state index contributed by atoms with van der Waals surface area (Å²) in [6.07, 6.45) is 1.60. The predicted molar refractivity (Wildman–Crippen MR) is 108 cm³/mol. The number of carbonyl (C=O) groups is 1. The second kappa shape index (κ2) is 7.86. The molecule has 2 aromatic carbocycles. The molecule has 3 aromatic rings. The average Bonchev–Trinajstić information content (AvgIpc) is 3.10. The lowest BCUT2D eigenvalue weighted by Crippen LogP contribution is -2.36. The number of ether oxygens (including phenoxy) is 1. The van der Waals surface area contributed by atoms with Gasteiger partial charge in [-0.25, -0.2) is 9.97 Å². The highest BCUT2D eigenvalue weighted by Gasteiger charge is 2.24. The van der Waals surface area contributed by atoms with Gasteiger partial charge in [-0.3, -0.25) is 4.79 Å². The minimum absolute atomic E-state index is 0.0260. The lowest BCUT2D eigenvalue weighted by atomic mass is 10.1. The number of aromatic nitrogens is 2. The molecule has 6 nitrogen and oxygen atoms in total. The van der Waals surface area contributed by atoms with E-state index >= 15 is 0 Å². The third kappa shape index (κ3) is 3.92. The van der Waals surface area contributed by atoms with Gasteiger partial charge in [0.05, 0.1) is 12.8 Å². The van der Waals surface area contributed by atoms with Gasteiger partial charge >= 0.3 is 0 Å². The summed E-state index contributed by atoms with van der Waals surface area (Å²) >= 11 is 6.12. The van der Waals surface area contributed by atoms with Crippen molar-refractivity contribution in [2.75, 3.05) is 12.4 Å². The molecule has 0 aliphatic heterocycles. The van der Waals surface area contributed by atoms with Crippen molar-refractivity contribution in [2.45, 2.75) is 18.9 Å². The van der Waals surface area contributed by atoms with Crippen molar-refractivity contribution in [1.82, 2.24) is 15.3 Å². The van der Waals surface area contributed by atoms with Crippen LogP contribution in [0.5, 0.6) is 5.75 Å². The normalized spacial score (nSPS) is 13.1. The van der Waals surface area contributed by atoms with E-state index < -0.39 is 0 Å². The summed E-state index contributed by atoms with van der Waals surface area (Å²) in [5.74, 6) is 0.764. The Balaban J connectivity index is 1.50. The number of rotatable bonds is 5. The molecular formula is C21H19ClN4O2. The number of benzene rings is 2. The molecule has 2 N–H and O–H groups in total. The molecule has 1 aliphatic rings. The molecule has 142 valence electrons. The van der Waals surface area contributed by atoms with Crippen LogP contribution in [-0.2, 0) is 12.8 Å². The molecule has 0 saturated carbocycles. The first-order chi connectivity index (χ1) is 13.6. The molecular weight excluding hydrogens is 376 g/mol. The van der Waals surface area contributed by atoms with Gasteiger partial charge in [-0.2, -0.15) is 0 Å². The molecule has 0 saturated heterocycles. The van der Waals surface area contributed by atoms with Crippen LogP contribution < -0.4 is 15.4 Å². The first-order valence-electron chi connectivity index (χ1n) is 8.94. The van der Waals surface area contributed by atoms with E-state index in [0.717, 1.165) is 18.5 Å². The van der Waals surface area contributed by atoms with Crippen LogP contribution in [0.4, 0.5) is 11.5 Å². The van der Waals surface area contributed by atoms with Gasteiger partial charge in [-0.05, 0) is 36.1 Å². The van der Waals surface area contributed by atoms with Gasteiger partial charge in [0.1, 0.15) is 16.7 Å². The van der Waals surface area contributed by atoms with Gasteiger partial charge in [0.15, 0.2) is 0 Å². The van der Waals surface area contributed by atoms with Crippen LogP contribution in [0.15, 0.2) is 54.6 Å². The molecule has 0 radical (unpaired) electrons. The van der Waals surface area contributed by atoms with E-state index in [1.807, 2.05) is 36.4 Å². The molecule has 0 unspecified atom stereocenters. The van der Waals surface area contributed by atoms with Gasteiger partial charge in [0.2, 0.25) is 5.82 Å². The highest BCUT2D eigenvalue weighted by Crippen LogP contribution is 2.27. The monoisotopic (exact) mass is 394 g/mol. The zero-order chi connectivity index (χ0) is 19.5. The van der Waals surface area contributed by atoms with Gasteiger partial charge in [-0.15, -0.1) is 0 Å². The number of nitrogens with zero attached hydrogens (tertiary/aromatic N) is 2. The average molecular weight is 395 g/mol. The summed E-state index contributed by atoms with van der Waals surface area (Å²) in [5.41, 5.74) is 3.24. The second-order valence-electron chi connectivity index (χ2n) is 6.57. The van der Waals surface area contributed by atoms with E-state index in [4.69, 9.17) is 16.3 Å². The fourth-order valence-corrected chi connectivity index (χ4v) is 3.56. The number of hydrogen-bond donors (Lipinski definition) is 2. The minimum Gasteiger partial charge on any atom is -0.495 e. The fraction of sp³-hybridized carbons (Fsp3) is 0.190. The van der Waals surface area contributed by atoms with E-state index in [0.29, 0.717) is 11.6 Å². The number of nitrogens with one attached hydrogen (secondary N) is 2. The summed E-state index contributed by atoms with van der Waals surface area (Å²) in [4.78, 5) is 21.1. The van der Waals surface area contributed by atoms with Gasteiger partial charge in [-0.1, -0.05) is 48.0 Å². The summed E-state index contributed by atoms with van der Waals surface area (Å²) in [6, 6.07) is 17.2. The van der Waals surface area contributed by atoms with Crippen molar-refractivity contribution in [3.05, 3.63) is 76.7 Å². The SMILES string of the molecule is COc1ccccc1Nc1cc(Cl)nc(C(=O)NC2Cc3ccccc3C2)n1. The van der Waals surface area contributed by atoms with Gasteiger partial charge in [0, 0.05) is 12.1 Å². The smallest absolute Gasteiger partial charge is 0.289 e. The number of amides is 1. The Morgan fingerprint density at radius 3 is 2.46 bits per heavy atom. The fourth-order valence-electron chi connectivity index (χ4n) is 3.38. The first-order valence-corrected chi connectivity index (χ1v) is 9.32. The molecule has 0 spiro atoms. The quantitative estimate of drug-likeness (QED) is 0.644. The minimum atomic E-state index is -0.344. The summed E-state index contributed by atoms with van der Waals surface area (Å²) < 4.78 is 5.33. The summed E-state index contributed by atoms with van der Waals surface area (Å²) in [5, 5.41) is 6.32.